The largest absolute Gasteiger partial charge is 0.497 e. The normalized spacial score (nSPS) is 19.2. The second-order valence-electron chi connectivity index (χ2n) is 5.29. The van der Waals surface area contributed by atoms with Gasteiger partial charge < -0.3 is 10.1 Å². The highest BCUT2D eigenvalue weighted by atomic mass is 16.5. The predicted molar refractivity (Wildman–Crippen MR) is 71.5 cm³/mol. The minimum atomic E-state index is 0.534. The summed E-state index contributed by atoms with van der Waals surface area (Å²) in [6, 6.07) is 7.03. The summed E-state index contributed by atoms with van der Waals surface area (Å²) in [5, 5.41) is 3.63. The summed E-state index contributed by atoms with van der Waals surface area (Å²) in [5.74, 6) is 1.76. The van der Waals surface area contributed by atoms with Gasteiger partial charge in [0.2, 0.25) is 0 Å². The Morgan fingerprint density at radius 1 is 1.41 bits per heavy atom. The van der Waals surface area contributed by atoms with Gasteiger partial charge in [-0.1, -0.05) is 19.9 Å². The van der Waals surface area contributed by atoms with Crippen LogP contribution in [0.4, 0.5) is 0 Å². The van der Waals surface area contributed by atoms with Gasteiger partial charge in [0.25, 0.3) is 0 Å². The van der Waals surface area contributed by atoms with E-state index >= 15 is 0 Å². The number of rotatable bonds is 4. The summed E-state index contributed by atoms with van der Waals surface area (Å²) < 4.78 is 5.29. The van der Waals surface area contributed by atoms with Crippen LogP contribution in [0.15, 0.2) is 18.2 Å². The van der Waals surface area contributed by atoms with Gasteiger partial charge in [-0.05, 0) is 55.0 Å². The Bertz CT molecular complexity index is 373. The fraction of sp³-hybridized carbons (Fsp3) is 0.600. The van der Waals surface area contributed by atoms with Crippen LogP contribution in [0.1, 0.15) is 43.9 Å². The first-order valence-electron chi connectivity index (χ1n) is 6.61. The molecule has 0 saturated carbocycles. The molecule has 1 heterocycles. The lowest BCUT2D eigenvalue weighted by Crippen LogP contribution is -2.30. The molecule has 1 aromatic rings. The van der Waals surface area contributed by atoms with Crippen molar-refractivity contribution < 1.29 is 4.74 Å². The molecule has 1 aromatic carbocycles. The molecule has 0 aromatic heterocycles. The number of methoxy groups -OCH3 is 1. The van der Waals surface area contributed by atoms with Crippen molar-refractivity contribution in [2.45, 2.75) is 39.2 Å². The molecular formula is C15H23NO. The molecule has 1 N–H and O–H groups in total. The Morgan fingerprint density at radius 2 is 2.24 bits per heavy atom. The van der Waals surface area contributed by atoms with Crippen LogP contribution in [0.25, 0.3) is 0 Å². The predicted octanol–water partition coefficient (Wildman–Crippen LogP) is 3.32. The zero-order valence-corrected chi connectivity index (χ0v) is 11.1. The maximum absolute atomic E-state index is 5.29. The van der Waals surface area contributed by atoms with Crippen LogP contribution in [0.3, 0.4) is 0 Å². The molecule has 0 bridgehead atoms. The average Bonchev–Trinajstić information content (AvgIpc) is 2.35. The van der Waals surface area contributed by atoms with Crippen LogP contribution >= 0.6 is 0 Å². The molecule has 1 atom stereocenters. The minimum Gasteiger partial charge on any atom is -0.497 e. The van der Waals surface area contributed by atoms with Crippen molar-refractivity contribution in [2.24, 2.45) is 5.92 Å². The highest BCUT2D eigenvalue weighted by Gasteiger charge is 2.19. The summed E-state index contributed by atoms with van der Waals surface area (Å²) in [6.45, 7) is 5.67. The van der Waals surface area contributed by atoms with Crippen molar-refractivity contribution in [3.8, 4) is 5.75 Å². The van der Waals surface area contributed by atoms with E-state index in [9.17, 15) is 0 Å². The second kappa shape index (κ2) is 5.54. The van der Waals surface area contributed by atoms with E-state index < -0.39 is 0 Å². The molecule has 0 saturated heterocycles. The van der Waals surface area contributed by atoms with Gasteiger partial charge in [-0.25, -0.2) is 0 Å². The third-order valence-corrected chi connectivity index (χ3v) is 3.54. The molecule has 2 heteroatoms. The minimum absolute atomic E-state index is 0.534. The van der Waals surface area contributed by atoms with Crippen LogP contribution in [-0.2, 0) is 6.42 Å². The summed E-state index contributed by atoms with van der Waals surface area (Å²) in [5.41, 5.74) is 2.93. The summed E-state index contributed by atoms with van der Waals surface area (Å²) in [6.07, 6.45) is 3.63. The quantitative estimate of drug-likeness (QED) is 0.861. The van der Waals surface area contributed by atoms with Gasteiger partial charge in [0.05, 0.1) is 7.11 Å². The van der Waals surface area contributed by atoms with Gasteiger partial charge >= 0.3 is 0 Å². The lowest BCUT2D eigenvalue weighted by molar-refractivity contribution is 0.407. The second-order valence-corrected chi connectivity index (χ2v) is 5.29. The van der Waals surface area contributed by atoms with Crippen LogP contribution in [0, 0.1) is 5.92 Å². The molecule has 17 heavy (non-hydrogen) atoms. The lowest BCUT2D eigenvalue weighted by Gasteiger charge is -2.28. The fourth-order valence-corrected chi connectivity index (χ4v) is 2.51. The summed E-state index contributed by atoms with van der Waals surface area (Å²) >= 11 is 0. The first-order valence-corrected chi connectivity index (χ1v) is 6.61. The standard InChI is InChI=1S/C15H23NO/c1-11(2)4-7-15-14-6-5-13(17-3)10-12(14)8-9-16-15/h5-6,10-11,15-16H,4,7-9H2,1-3H3. The van der Waals surface area contributed by atoms with Crippen molar-refractivity contribution in [2.75, 3.05) is 13.7 Å². The third kappa shape index (κ3) is 3.01. The monoisotopic (exact) mass is 233 g/mol. The topological polar surface area (TPSA) is 21.3 Å². The zero-order valence-electron chi connectivity index (χ0n) is 11.1. The van der Waals surface area contributed by atoms with Gasteiger partial charge in [0.15, 0.2) is 0 Å². The number of fused-ring (bicyclic) bond motifs is 1. The smallest absolute Gasteiger partial charge is 0.119 e. The Morgan fingerprint density at radius 3 is 2.94 bits per heavy atom. The summed E-state index contributed by atoms with van der Waals surface area (Å²) in [4.78, 5) is 0. The molecule has 0 spiro atoms. The van der Waals surface area contributed by atoms with Gasteiger partial charge in [-0.2, -0.15) is 0 Å². The lowest BCUT2D eigenvalue weighted by atomic mass is 9.90. The van der Waals surface area contributed by atoms with Gasteiger partial charge in [0, 0.05) is 6.04 Å². The molecular weight excluding hydrogens is 210 g/mol. The Balaban J connectivity index is 2.14. The van der Waals surface area contributed by atoms with E-state index in [-0.39, 0.29) is 0 Å². The highest BCUT2D eigenvalue weighted by Crippen LogP contribution is 2.30. The van der Waals surface area contributed by atoms with E-state index in [0.717, 1.165) is 24.6 Å². The molecule has 1 aliphatic rings. The average molecular weight is 233 g/mol. The Hall–Kier alpha value is -1.02. The van der Waals surface area contributed by atoms with Crippen LogP contribution in [0.2, 0.25) is 0 Å². The molecule has 94 valence electrons. The first kappa shape index (κ1) is 12.4. The van der Waals surface area contributed by atoms with Gasteiger partial charge in [-0.15, -0.1) is 0 Å². The molecule has 1 unspecified atom stereocenters. The van der Waals surface area contributed by atoms with Crippen LogP contribution in [-0.4, -0.2) is 13.7 Å². The van der Waals surface area contributed by atoms with E-state index in [2.05, 4.69) is 37.4 Å². The maximum atomic E-state index is 5.29. The SMILES string of the molecule is COc1ccc2c(c1)CCNC2CCC(C)C. The van der Waals surface area contributed by atoms with Crippen LogP contribution in [0.5, 0.6) is 5.75 Å². The molecule has 0 fully saturated rings. The molecule has 0 amide bonds. The number of ether oxygens (including phenoxy) is 1. The first-order chi connectivity index (χ1) is 8.20. The molecule has 2 nitrogen and oxygen atoms in total. The zero-order chi connectivity index (χ0) is 12.3. The number of nitrogens with one attached hydrogen (secondary N) is 1. The van der Waals surface area contributed by atoms with Gasteiger partial charge in [-0.3, -0.25) is 0 Å². The van der Waals surface area contributed by atoms with E-state index in [4.69, 9.17) is 4.74 Å². The summed E-state index contributed by atoms with van der Waals surface area (Å²) in [7, 11) is 1.74. The molecule has 0 radical (unpaired) electrons. The van der Waals surface area contributed by atoms with Crippen molar-refractivity contribution in [3.63, 3.8) is 0 Å². The van der Waals surface area contributed by atoms with Crippen molar-refractivity contribution in [1.82, 2.24) is 5.32 Å². The van der Waals surface area contributed by atoms with Crippen molar-refractivity contribution in [3.05, 3.63) is 29.3 Å². The maximum Gasteiger partial charge on any atom is 0.119 e. The van der Waals surface area contributed by atoms with Crippen molar-refractivity contribution >= 4 is 0 Å². The highest BCUT2D eigenvalue weighted by molar-refractivity contribution is 5.39. The van der Waals surface area contributed by atoms with Crippen LogP contribution < -0.4 is 10.1 Å². The molecule has 2 rings (SSSR count). The Kier molecular flexibility index (Phi) is 4.06. The molecule has 1 aliphatic heterocycles. The van der Waals surface area contributed by atoms with Gasteiger partial charge in [0.1, 0.15) is 5.75 Å². The Labute approximate surface area is 104 Å². The van der Waals surface area contributed by atoms with E-state index in [1.54, 1.807) is 7.11 Å². The van der Waals surface area contributed by atoms with E-state index in [0.29, 0.717) is 6.04 Å². The molecule has 0 aliphatic carbocycles. The number of hydrogen-bond acceptors (Lipinski definition) is 2. The van der Waals surface area contributed by atoms with E-state index in [1.807, 2.05) is 0 Å². The van der Waals surface area contributed by atoms with E-state index in [1.165, 1.54) is 24.0 Å². The number of benzene rings is 1. The number of hydrogen-bond donors (Lipinski definition) is 1. The van der Waals surface area contributed by atoms with Crippen molar-refractivity contribution in [1.29, 1.82) is 0 Å². The third-order valence-electron chi connectivity index (χ3n) is 3.54. The fourth-order valence-electron chi connectivity index (χ4n) is 2.51.